The Morgan fingerprint density at radius 2 is 1.28 bits per heavy atom. The van der Waals surface area contributed by atoms with Crippen LogP contribution in [0.2, 0.25) is 0 Å². The van der Waals surface area contributed by atoms with Crippen LogP contribution in [0.1, 0.15) is 119 Å². The van der Waals surface area contributed by atoms with Crippen LogP contribution in [0, 0.1) is 29.6 Å². The van der Waals surface area contributed by atoms with E-state index in [9.17, 15) is 98.4 Å². The van der Waals surface area contributed by atoms with E-state index < -0.39 is 231 Å². The maximum atomic E-state index is 15.0. The fourth-order valence-corrected chi connectivity index (χ4v) is 14.1. The molecule has 3 saturated heterocycles. The van der Waals surface area contributed by atoms with Crippen LogP contribution in [0.3, 0.4) is 0 Å². The largest absolute Gasteiger partial charge is 0.479 e. The molecule has 14 N–H and O–H groups in total. The predicted octanol–water partition coefficient (Wildman–Crippen LogP) is -1.69. The molecule has 0 unspecified atom stereocenters. The van der Waals surface area contributed by atoms with Gasteiger partial charge in [-0.05, 0) is 66.7 Å². The van der Waals surface area contributed by atoms with Crippen molar-refractivity contribution in [2.24, 2.45) is 29.6 Å². The number of amides is 11. The van der Waals surface area contributed by atoms with Gasteiger partial charge in [-0.1, -0.05) is 111 Å². The van der Waals surface area contributed by atoms with Gasteiger partial charge >= 0.3 is 12.1 Å². The Bertz CT molecular complexity index is 3580. The van der Waals surface area contributed by atoms with Crippen LogP contribution in [-0.4, -0.2) is 309 Å². The first kappa shape index (κ1) is 93.2. The number of rotatable bonds is 40. The third-order valence-electron chi connectivity index (χ3n) is 20.8. The standard InChI is InChI=1S/C76H114N10O27/c1-15-40(8)58(48(107-13)32-54(92)85-31-19-22-47(85)65(108-14)41(9)68(99)78-42(10)66(44-20-17-16-18-21-44)112-75-64(98)61(95)62(96)67(113-75)73(104)105)83(11)72(103)56(38(4)5)82-71(102)57(39(6)7)84(12)76(106)110-35-43-23-25-45(26-24-43)79-69(100)46(36-109-74-63(97)60(94)59(93)49(34-87)111-74)80-70(101)55(37(2)3)81-50(88)29-30-77-51(89)33-86-52(90)27-28-53(86)91/h16-18,20-21,23-28,37-42,46-49,55-67,74-75,87,93-98H,15,19,22,29-36H2,1-14H3,(H,77,89)(H,78,99)(H,79,100)(H,80,101)(H,81,88)(H,82,102)(H,104,105)/t40-,41+,42+,46-,47-,48+,49+,55-,56-,57-,58-,59+,60-,61-,62-,63+,64+,65+,66+,67-,74+,75+/m0/s1. The van der Waals surface area contributed by atoms with Gasteiger partial charge in [0.05, 0.1) is 55.9 Å². The predicted molar refractivity (Wildman–Crippen MR) is 399 cm³/mol. The molecular weight excluding hydrogens is 1480 g/mol. The number of ether oxygens (including phenoxy) is 7. The summed E-state index contributed by atoms with van der Waals surface area (Å²) < 4.78 is 40.5. The molecule has 4 aliphatic rings. The van der Waals surface area contributed by atoms with Gasteiger partial charge < -0.3 is 116 Å². The molecule has 0 radical (unpaired) electrons. The van der Waals surface area contributed by atoms with Crippen molar-refractivity contribution in [1.29, 1.82) is 0 Å². The molecule has 37 nitrogen and oxygen atoms in total. The molecule has 0 saturated carbocycles. The number of benzene rings is 2. The van der Waals surface area contributed by atoms with Crippen molar-refractivity contribution in [3.63, 3.8) is 0 Å². The number of aliphatic hydroxyl groups excluding tert-OH is 7. The number of aliphatic carboxylic acids is 1. The number of hydrogen-bond acceptors (Lipinski definition) is 26. The topological polar surface area (TPSA) is 516 Å². The fourth-order valence-electron chi connectivity index (χ4n) is 14.1. The summed E-state index contributed by atoms with van der Waals surface area (Å²) in [6, 6.07) is 6.82. The van der Waals surface area contributed by atoms with Gasteiger partial charge in [-0.2, -0.15) is 0 Å². The van der Waals surface area contributed by atoms with Crippen LogP contribution in [0.15, 0.2) is 66.7 Å². The van der Waals surface area contributed by atoms with Crippen molar-refractivity contribution in [2.45, 2.75) is 230 Å². The van der Waals surface area contributed by atoms with Gasteiger partial charge in [0, 0.05) is 65.7 Å². The number of nitrogens with zero attached hydrogens (tertiary/aromatic N) is 4. The maximum Gasteiger partial charge on any atom is 0.410 e. The highest BCUT2D eigenvalue weighted by Crippen LogP contribution is 2.34. The summed E-state index contributed by atoms with van der Waals surface area (Å²) >= 11 is 0. The van der Waals surface area contributed by atoms with E-state index in [0.717, 1.165) is 17.1 Å². The number of carbonyl (C=O) groups is 12. The number of aliphatic hydroxyl groups is 7. The van der Waals surface area contributed by atoms with Crippen molar-refractivity contribution < 1.29 is 132 Å². The zero-order chi connectivity index (χ0) is 84.2. The smallest absolute Gasteiger partial charge is 0.410 e. The van der Waals surface area contributed by atoms with Gasteiger partial charge in [0.1, 0.15) is 86.2 Å². The van der Waals surface area contributed by atoms with Crippen LogP contribution in [0.4, 0.5) is 10.5 Å². The van der Waals surface area contributed by atoms with Crippen LogP contribution in [0.25, 0.3) is 0 Å². The number of likely N-dealkylation sites (tertiary alicyclic amines) is 1. The molecule has 3 fully saturated rings. The van der Waals surface area contributed by atoms with Crippen molar-refractivity contribution in [3.05, 3.63) is 77.9 Å². The summed E-state index contributed by atoms with van der Waals surface area (Å²) in [7, 11) is 5.80. The van der Waals surface area contributed by atoms with Crippen molar-refractivity contribution in [1.82, 2.24) is 46.2 Å². The third kappa shape index (κ3) is 24.4. The van der Waals surface area contributed by atoms with Gasteiger partial charge in [-0.15, -0.1) is 0 Å². The summed E-state index contributed by atoms with van der Waals surface area (Å²) in [6.07, 6.45) is -18.8. The Morgan fingerprint density at radius 1 is 0.664 bits per heavy atom. The SMILES string of the molecule is CC[C@H](C)[C@@H]([C@@H](CC(=O)N1CCC[C@H]1[C@H](OC)[C@@H](C)C(=O)N[C@H](C)[C@@H](O[C@@H]1O[C@H](C(=O)O)[C@@H](O)[C@H](O)[C@H]1O)c1ccccc1)OC)N(C)C(=O)[C@@H](NC(=O)[C@H](C(C)C)N(C)C(=O)OCc1ccc(NC(=O)[C@H](CO[C@@H]2O[C@H](CO)[C@@H](O)[C@H](O)[C@H]2O)NC(=O)[C@@H](NC(=O)CCNC(=O)CN2C(=O)C=CC2=O)C(C)C)cc1)C(C)C. The monoisotopic (exact) mass is 1600 g/mol. The van der Waals surface area contributed by atoms with E-state index >= 15 is 0 Å². The first-order chi connectivity index (χ1) is 53.3. The number of carbonyl (C=O) groups excluding carboxylic acids is 11. The van der Waals surface area contributed by atoms with Crippen LogP contribution < -0.4 is 31.9 Å². The normalized spacial score (nSPS) is 24.7. The Labute approximate surface area is 656 Å². The summed E-state index contributed by atoms with van der Waals surface area (Å²) in [5, 5.41) is 98.6. The van der Waals surface area contributed by atoms with E-state index in [0.29, 0.717) is 41.8 Å². The Balaban J connectivity index is 1.07. The molecular formula is C76H114N10O27. The molecule has 2 aromatic rings. The summed E-state index contributed by atoms with van der Waals surface area (Å²) in [4.78, 5) is 167. The van der Waals surface area contributed by atoms with Crippen molar-refractivity contribution >= 4 is 76.8 Å². The van der Waals surface area contributed by atoms with Crippen LogP contribution in [0.5, 0.6) is 0 Å². The maximum absolute atomic E-state index is 15.0. The first-order valence-corrected chi connectivity index (χ1v) is 37.8. The van der Waals surface area contributed by atoms with Gasteiger partial charge in [0.15, 0.2) is 18.7 Å². The zero-order valence-corrected chi connectivity index (χ0v) is 66.2. The highest BCUT2D eigenvalue weighted by Gasteiger charge is 2.51. The van der Waals surface area contributed by atoms with Gasteiger partial charge in [0.2, 0.25) is 47.3 Å². The fraction of sp³-hybridized carbons (Fsp3) is 0.658. The number of methoxy groups -OCH3 is 2. The first-order valence-electron chi connectivity index (χ1n) is 37.8. The molecule has 0 spiro atoms. The molecule has 22 atom stereocenters. The number of anilines is 1. The second kappa shape index (κ2) is 43.1. The average molecular weight is 1600 g/mol. The quantitative estimate of drug-likeness (QED) is 0.0331. The highest BCUT2D eigenvalue weighted by atomic mass is 16.7. The molecule has 4 aliphatic heterocycles. The summed E-state index contributed by atoms with van der Waals surface area (Å²) in [6.45, 7) is 14.7. The lowest BCUT2D eigenvalue weighted by molar-refractivity contribution is -0.307. The van der Waals surface area contributed by atoms with Crippen molar-refractivity contribution in [3.8, 4) is 0 Å². The molecule has 0 aliphatic carbocycles. The molecule has 6 rings (SSSR count). The van der Waals surface area contributed by atoms with E-state index in [-0.39, 0.29) is 43.5 Å². The second-order valence-electron chi connectivity index (χ2n) is 29.9. The Kier molecular flexibility index (Phi) is 35.6. The Hall–Kier alpha value is -8.70. The number of carboxylic acid groups (broad SMARTS) is 1. The summed E-state index contributed by atoms with van der Waals surface area (Å²) in [5.41, 5.74) is 1.03. The van der Waals surface area contributed by atoms with E-state index in [1.807, 2.05) is 13.8 Å². The van der Waals surface area contributed by atoms with Gasteiger partial charge in [0.25, 0.3) is 11.8 Å². The molecule has 4 heterocycles. The van der Waals surface area contributed by atoms with E-state index in [4.69, 9.17) is 33.2 Å². The molecule has 37 heteroatoms. The van der Waals surface area contributed by atoms with Crippen LogP contribution >= 0.6 is 0 Å². The molecule has 0 aromatic heterocycles. The molecule has 11 amide bonds. The lowest BCUT2D eigenvalue weighted by Gasteiger charge is -2.41. The number of likely N-dealkylation sites (N-methyl/N-ethyl adjacent to an activating group) is 2. The molecule has 0 bridgehead atoms. The number of hydrogen-bond donors (Lipinski definition) is 14. The molecule has 630 valence electrons. The molecule has 2 aromatic carbocycles. The third-order valence-corrected chi connectivity index (χ3v) is 20.8. The average Bonchev–Trinajstić information content (AvgIpc) is 1.62. The minimum Gasteiger partial charge on any atom is -0.479 e. The number of imide groups is 1. The van der Waals surface area contributed by atoms with E-state index in [1.165, 1.54) is 50.4 Å². The highest BCUT2D eigenvalue weighted by molar-refractivity contribution is 6.14. The lowest BCUT2D eigenvalue weighted by Crippen LogP contribution is -2.61. The van der Waals surface area contributed by atoms with Crippen molar-refractivity contribution in [2.75, 3.05) is 66.5 Å². The number of carboxylic acids is 1. The Morgan fingerprint density at radius 3 is 1.86 bits per heavy atom. The summed E-state index contributed by atoms with van der Waals surface area (Å²) in [5.74, 6) is -11.1. The lowest BCUT2D eigenvalue weighted by atomic mass is 9.89. The van der Waals surface area contributed by atoms with Crippen LogP contribution in [-0.2, 0) is 92.5 Å². The number of nitrogens with one attached hydrogen (secondary N) is 6. The zero-order valence-electron chi connectivity index (χ0n) is 66.2. The second-order valence-corrected chi connectivity index (χ2v) is 29.9. The van der Waals surface area contributed by atoms with E-state index in [1.54, 1.807) is 97.7 Å². The minimum absolute atomic E-state index is 0.139. The van der Waals surface area contributed by atoms with Gasteiger partial charge in [-0.25, -0.2) is 9.59 Å². The molecule has 113 heavy (non-hydrogen) atoms. The van der Waals surface area contributed by atoms with E-state index in [2.05, 4.69) is 31.9 Å². The minimum atomic E-state index is -1.97. The van der Waals surface area contributed by atoms with Gasteiger partial charge in [-0.3, -0.25) is 57.7 Å².